The van der Waals surface area contributed by atoms with Gasteiger partial charge in [-0.25, -0.2) is 9.97 Å². The number of carbonyl (C=O) groups is 1. The molecule has 6 nitrogen and oxygen atoms in total. The number of hydrogen-bond acceptors (Lipinski definition) is 5. The zero-order valence-electron chi connectivity index (χ0n) is 15.4. The van der Waals surface area contributed by atoms with Crippen LogP contribution in [0, 0.1) is 12.8 Å². The molecule has 3 aromatic heterocycles. The van der Waals surface area contributed by atoms with Crippen molar-refractivity contribution in [2.24, 2.45) is 5.92 Å². The van der Waals surface area contributed by atoms with Gasteiger partial charge in [0, 0.05) is 30.4 Å². The molecule has 2 fully saturated rings. The number of alkyl halides is 3. The van der Waals surface area contributed by atoms with Gasteiger partial charge in [0.1, 0.15) is 11.8 Å². The van der Waals surface area contributed by atoms with E-state index in [-0.39, 0.29) is 23.9 Å². The largest absolute Gasteiger partial charge is 0.472 e. The van der Waals surface area contributed by atoms with Gasteiger partial charge in [0.05, 0.1) is 17.3 Å². The highest BCUT2D eigenvalue weighted by atomic mass is 32.1. The van der Waals surface area contributed by atoms with Crippen LogP contribution in [0.4, 0.5) is 13.2 Å². The number of carbonyl (C=O) groups excluding carboxylic acids is 1. The number of ether oxygens (including phenoxy) is 1. The van der Waals surface area contributed by atoms with Crippen molar-refractivity contribution >= 4 is 22.2 Å². The molecule has 1 saturated carbocycles. The van der Waals surface area contributed by atoms with E-state index >= 15 is 0 Å². The number of halogens is 3. The van der Waals surface area contributed by atoms with Crippen LogP contribution in [0.15, 0.2) is 29.9 Å². The van der Waals surface area contributed by atoms with E-state index in [4.69, 9.17) is 4.74 Å². The Kier molecular flexibility index (Phi) is 4.09. The van der Waals surface area contributed by atoms with Gasteiger partial charge < -0.3 is 9.64 Å². The van der Waals surface area contributed by atoms with Crippen molar-refractivity contribution in [3.8, 4) is 5.88 Å². The number of piperidine rings is 1. The molecule has 1 aliphatic heterocycles. The fraction of sp³-hybridized carbons (Fsp3) is 0.421. The van der Waals surface area contributed by atoms with Crippen LogP contribution in [0.2, 0.25) is 0 Å². The van der Waals surface area contributed by atoms with Crippen molar-refractivity contribution in [2.45, 2.75) is 38.1 Å². The summed E-state index contributed by atoms with van der Waals surface area (Å²) in [5.74, 6) is 0.368. The van der Waals surface area contributed by atoms with E-state index in [2.05, 4.69) is 9.97 Å². The molecule has 1 amide bonds. The summed E-state index contributed by atoms with van der Waals surface area (Å²) in [5.41, 5.74) is 0.428. The molecule has 2 bridgehead atoms. The van der Waals surface area contributed by atoms with Gasteiger partial charge in [0.15, 0.2) is 4.96 Å². The molecule has 3 atom stereocenters. The monoisotopic (exact) mass is 422 g/mol. The van der Waals surface area contributed by atoms with Crippen molar-refractivity contribution in [1.29, 1.82) is 0 Å². The Hall–Kier alpha value is -2.62. The average Bonchev–Trinajstić information content (AvgIpc) is 3.41. The van der Waals surface area contributed by atoms with Gasteiger partial charge in [-0.3, -0.25) is 9.20 Å². The molecule has 3 aromatic rings. The first kappa shape index (κ1) is 18.4. The first-order valence-corrected chi connectivity index (χ1v) is 10.1. The number of rotatable bonds is 3. The van der Waals surface area contributed by atoms with Crippen molar-refractivity contribution in [3.05, 3.63) is 46.9 Å². The summed E-state index contributed by atoms with van der Waals surface area (Å²) in [6.45, 7) is 2.47. The Bertz CT molecular complexity index is 1080. The summed E-state index contributed by atoms with van der Waals surface area (Å²) < 4.78 is 45.8. The molecule has 0 spiro atoms. The van der Waals surface area contributed by atoms with Crippen molar-refractivity contribution in [1.82, 2.24) is 19.3 Å². The van der Waals surface area contributed by atoms with Crippen LogP contribution < -0.4 is 4.74 Å². The van der Waals surface area contributed by atoms with Gasteiger partial charge in [-0.1, -0.05) is 0 Å². The predicted octanol–water partition coefficient (Wildman–Crippen LogP) is 3.80. The molecule has 2 aliphatic rings. The lowest BCUT2D eigenvalue weighted by molar-refractivity contribution is -0.137. The van der Waals surface area contributed by atoms with Crippen LogP contribution in [0.5, 0.6) is 5.88 Å². The minimum absolute atomic E-state index is 0.0884. The van der Waals surface area contributed by atoms with Crippen molar-refractivity contribution < 1.29 is 22.7 Å². The lowest BCUT2D eigenvalue weighted by atomic mass is 10.1. The second kappa shape index (κ2) is 6.45. The fourth-order valence-electron chi connectivity index (χ4n) is 4.39. The number of amides is 1. The predicted molar refractivity (Wildman–Crippen MR) is 99.0 cm³/mol. The number of aromatic nitrogens is 3. The molecule has 0 N–H and O–H groups in total. The molecule has 5 rings (SSSR count). The molecular formula is C19H17F3N4O2S. The molecular weight excluding hydrogens is 405 g/mol. The molecule has 1 aliphatic carbocycles. The summed E-state index contributed by atoms with van der Waals surface area (Å²) in [4.78, 5) is 24.1. The standard InChI is InChI=1S/C19H17F3N4O2S/c1-10-16(25-4-5-29-18(25)24-10)17(27)26-9-11-6-13(26)14(7-11)28-15-3-2-12(8-23-15)19(20,21)22/h2-5,8,11,13-14H,6-7,9H2,1H3. The minimum atomic E-state index is -4.43. The van der Waals surface area contributed by atoms with Crippen LogP contribution in [0.3, 0.4) is 0 Å². The molecule has 1 saturated heterocycles. The van der Waals surface area contributed by atoms with Gasteiger partial charge in [-0.15, -0.1) is 11.3 Å². The molecule has 4 heterocycles. The van der Waals surface area contributed by atoms with E-state index in [1.165, 1.54) is 17.4 Å². The van der Waals surface area contributed by atoms with Crippen LogP contribution >= 0.6 is 11.3 Å². The lowest BCUT2D eigenvalue weighted by Gasteiger charge is -2.33. The van der Waals surface area contributed by atoms with Gasteiger partial charge in [0.25, 0.3) is 5.91 Å². The zero-order valence-corrected chi connectivity index (χ0v) is 16.2. The fourth-order valence-corrected chi connectivity index (χ4v) is 5.15. The zero-order chi connectivity index (χ0) is 20.3. The Morgan fingerprint density at radius 3 is 2.83 bits per heavy atom. The third-order valence-electron chi connectivity index (χ3n) is 5.66. The van der Waals surface area contributed by atoms with Gasteiger partial charge in [-0.05, 0) is 31.7 Å². The molecule has 3 unspecified atom stereocenters. The smallest absolute Gasteiger partial charge is 0.417 e. The molecule has 0 radical (unpaired) electrons. The second-order valence-electron chi connectivity index (χ2n) is 7.50. The van der Waals surface area contributed by atoms with E-state index in [0.29, 0.717) is 23.9 Å². The number of aryl methyl sites for hydroxylation is 1. The number of hydrogen-bond donors (Lipinski definition) is 0. The maximum atomic E-state index is 13.3. The van der Waals surface area contributed by atoms with E-state index in [0.717, 1.165) is 30.1 Å². The van der Waals surface area contributed by atoms with Gasteiger partial charge in [-0.2, -0.15) is 13.2 Å². The SMILES string of the molecule is Cc1nc2sccn2c1C(=O)N1CC2CC(Oc3ccc(C(F)(F)F)cn3)C1C2. The maximum Gasteiger partial charge on any atom is 0.417 e. The van der Waals surface area contributed by atoms with Gasteiger partial charge in [0.2, 0.25) is 5.88 Å². The van der Waals surface area contributed by atoms with Crippen molar-refractivity contribution in [3.63, 3.8) is 0 Å². The summed E-state index contributed by atoms with van der Waals surface area (Å²) in [5, 5.41) is 1.89. The normalized spacial score (nSPS) is 23.9. The van der Waals surface area contributed by atoms with Crippen LogP contribution in [-0.4, -0.2) is 43.9 Å². The minimum Gasteiger partial charge on any atom is -0.472 e. The Morgan fingerprint density at radius 1 is 1.31 bits per heavy atom. The number of nitrogens with zero attached hydrogens (tertiary/aromatic N) is 4. The average molecular weight is 422 g/mol. The maximum absolute atomic E-state index is 13.3. The summed E-state index contributed by atoms with van der Waals surface area (Å²) in [6, 6.07) is 2.07. The van der Waals surface area contributed by atoms with Gasteiger partial charge >= 0.3 is 6.18 Å². The number of thiazole rings is 1. The highest BCUT2D eigenvalue weighted by molar-refractivity contribution is 7.15. The van der Waals surface area contributed by atoms with Crippen LogP contribution in [0.1, 0.15) is 34.6 Å². The molecule has 29 heavy (non-hydrogen) atoms. The third kappa shape index (κ3) is 3.06. The number of pyridine rings is 1. The first-order valence-electron chi connectivity index (χ1n) is 9.24. The molecule has 152 valence electrons. The Balaban J connectivity index is 1.35. The quantitative estimate of drug-likeness (QED) is 0.644. The highest BCUT2D eigenvalue weighted by Gasteiger charge is 2.49. The number of imidazole rings is 1. The topological polar surface area (TPSA) is 59.7 Å². The third-order valence-corrected chi connectivity index (χ3v) is 6.42. The van der Waals surface area contributed by atoms with E-state index in [1.807, 2.05) is 27.8 Å². The molecule has 0 aromatic carbocycles. The highest BCUT2D eigenvalue weighted by Crippen LogP contribution is 2.41. The Morgan fingerprint density at radius 2 is 2.14 bits per heavy atom. The van der Waals surface area contributed by atoms with E-state index < -0.39 is 11.7 Å². The first-order chi connectivity index (χ1) is 13.8. The second-order valence-corrected chi connectivity index (χ2v) is 8.38. The number of fused-ring (bicyclic) bond motifs is 3. The summed E-state index contributed by atoms with van der Waals surface area (Å²) in [6.07, 6.45) is -0.529. The van der Waals surface area contributed by atoms with Crippen molar-refractivity contribution in [2.75, 3.05) is 6.54 Å². The lowest BCUT2D eigenvalue weighted by Crippen LogP contribution is -2.47. The number of likely N-dealkylation sites (tertiary alicyclic amines) is 1. The van der Waals surface area contributed by atoms with Crippen LogP contribution in [0.25, 0.3) is 4.96 Å². The van der Waals surface area contributed by atoms with E-state index in [9.17, 15) is 18.0 Å². The Labute approximate surface area is 167 Å². The van der Waals surface area contributed by atoms with E-state index in [1.54, 1.807) is 0 Å². The summed E-state index contributed by atoms with van der Waals surface area (Å²) >= 11 is 1.47. The molecule has 10 heteroatoms. The van der Waals surface area contributed by atoms with Crippen LogP contribution in [-0.2, 0) is 6.18 Å². The summed E-state index contributed by atoms with van der Waals surface area (Å²) in [7, 11) is 0.